The van der Waals surface area contributed by atoms with E-state index in [1.807, 2.05) is 0 Å². The Labute approximate surface area is 153 Å². The van der Waals surface area contributed by atoms with Crippen molar-refractivity contribution in [2.75, 3.05) is 12.4 Å². The summed E-state index contributed by atoms with van der Waals surface area (Å²) in [6.07, 6.45) is -0.0558. The van der Waals surface area contributed by atoms with Gasteiger partial charge in [-0.3, -0.25) is 4.79 Å². The van der Waals surface area contributed by atoms with Gasteiger partial charge >= 0.3 is 0 Å². The molecule has 0 saturated heterocycles. The van der Waals surface area contributed by atoms with Crippen molar-refractivity contribution in [3.63, 3.8) is 0 Å². The van der Waals surface area contributed by atoms with E-state index in [0.717, 1.165) is 0 Å². The summed E-state index contributed by atoms with van der Waals surface area (Å²) in [6, 6.07) is 12.0. The van der Waals surface area contributed by atoms with Gasteiger partial charge in [0.15, 0.2) is 5.82 Å². The molecule has 0 bridgehead atoms. The maximum absolute atomic E-state index is 12.2. The fraction of sp³-hybridized carbons (Fsp3) is 0.118. The topological polar surface area (TPSA) is 77.2 Å². The van der Waals surface area contributed by atoms with E-state index in [9.17, 15) is 4.79 Å². The summed E-state index contributed by atoms with van der Waals surface area (Å²) in [5.41, 5.74) is 1.15. The molecule has 6 nitrogen and oxygen atoms in total. The van der Waals surface area contributed by atoms with Gasteiger partial charge in [-0.2, -0.15) is 4.98 Å². The average Bonchev–Trinajstić information content (AvgIpc) is 3.03. The fourth-order valence-electron chi connectivity index (χ4n) is 2.18. The normalized spacial score (nSPS) is 10.5. The molecular weight excluding hydrogens is 365 g/mol. The summed E-state index contributed by atoms with van der Waals surface area (Å²) < 4.78 is 10.4. The van der Waals surface area contributed by atoms with E-state index < -0.39 is 0 Å². The van der Waals surface area contributed by atoms with Gasteiger partial charge in [-0.05, 0) is 36.4 Å². The lowest BCUT2D eigenvalue weighted by molar-refractivity contribution is -0.115. The molecule has 1 amide bonds. The Hall–Kier alpha value is -2.57. The number of amides is 1. The molecule has 25 heavy (non-hydrogen) atoms. The van der Waals surface area contributed by atoms with Crippen LogP contribution in [0.25, 0.3) is 11.5 Å². The Bertz CT molecular complexity index is 912. The van der Waals surface area contributed by atoms with Crippen molar-refractivity contribution in [1.82, 2.24) is 10.1 Å². The van der Waals surface area contributed by atoms with Crippen molar-refractivity contribution in [3.05, 3.63) is 58.3 Å². The van der Waals surface area contributed by atoms with Crippen LogP contribution in [0, 0.1) is 0 Å². The highest BCUT2D eigenvalue weighted by Gasteiger charge is 2.14. The minimum Gasteiger partial charge on any atom is -0.495 e. The van der Waals surface area contributed by atoms with Crippen LogP contribution >= 0.6 is 23.2 Å². The van der Waals surface area contributed by atoms with E-state index in [-0.39, 0.29) is 18.2 Å². The Kier molecular flexibility index (Phi) is 5.21. The van der Waals surface area contributed by atoms with Crippen molar-refractivity contribution in [3.8, 4) is 17.2 Å². The molecule has 0 aliphatic heterocycles. The number of rotatable bonds is 5. The zero-order chi connectivity index (χ0) is 17.8. The molecule has 0 saturated carbocycles. The first-order valence-corrected chi connectivity index (χ1v) is 8.02. The molecule has 0 spiro atoms. The highest BCUT2D eigenvalue weighted by atomic mass is 35.5. The summed E-state index contributed by atoms with van der Waals surface area (Å²) in [4.78, 5) is 16.4. The van der Waals surface area contributed by atoms with Crippen molar-refractivity contribution < 1.29 is 14.1 Å². The molecule has 2 aromatic carbocycles. The predicted molar refractivity (Wildman–Crippen MR) is 95.1 cm³/mol. The minimum atomic E-state index is -0.320. The number of aromatic nitrogens is 2. The predicted octanol–water partition coefficient (Wildman–Crippen LogP) is 4.23. The van der Waals surface area contributed by atoms with Crippen LogP contribution in [-0.4, -0.2) is 23.2 Å². The van der Waals surface area contributed by atoms with E-state index >= 15 is 0 Å². The third-order valence-electron chi connectivity index (χ3n) is 3.29. The second-order valence-corrected chi connectivity index (χ2v) is 5.97. The quantitative estimate of drug-likeness (QED) is 0.719. The van der Waals surface area contributed by atoms with Gasteiger partial charge in [-0.25, -0.2) is 0 Å². The Morgan fingerprint density at radius 3 is 2.76 bits per heavy atom. The molecule has 3 rings (SSSR count). The number of halogens is 2. The van der Waals surface area contributed by atoms with Crippen LogP contribution in [0.2, 0.25) is 10.0 Å². The second-order valence-electron chi connectivity index (χ2n) is 5.10. The summed E-state index contributed by atoms with van der Waals surface area (Å²) in [5, 5.41) is 7.58. The van der Waals surface area contributed by atoms with Crippen LogP contribution in [-0.2, 0) is 11.2 Å². The van der Waals surface area contributed by atoms with Gasteiger partial charge in [0.25, 0.3) is 5.89 Å². The van der Waals surface area contributed by atoms with Gasteiger partial charge in [0.05, 0.1) is 19.2 Å². The molecule has 1 N–H and O–H groups in total. The maximum Gasteiger partial charge on any atom is 0.257 e. The summed E-state index contributed by atoms with van der Waals surface area (Å²) in [5.74, 6) is 0.739. The van der Waals surface area contributed by atoms with Crippen LogP contribution in [0.5, 0.6) is 5.75 Å². The number of hydrogen-bond acceptors (Lipinski definition) is 5. The second kappa shape index (κ2) is 7.55. The minimum absolute atomic E-state index is 0.0558. The van der Waals surface area contributed by atoms with Crippen LogP contribution in [0.1, 0.15) is 5.82 Å². The van der Waals surface area contributed by atoms with Gasteiger partial charge in [0.1, 0.15) is 5.75 Å². The number of anilines is 1. The zero-order valence-electron chi connectivity index (χ0n) is 13.1. The Morgan fingerprint density at radius 2 is 2.00 bits per heavy atom. The molecule has 0 aliphatic rings. The van der Waals surface area contributed by atoms with Crippen molar-refractivity contribution in [2.24, 2.45) is 0 Å². The molecule has 0 aliphatic carbocycles. The molecule has 8 heteroatoms. The van der Waals surface area contributed by atoms with Gasteiger partial charge in [0.2, 0.25) is 5.91 Å². The Morgan fingerprint density at radius 1 is 1.20 bits per heavy atom. The highest BCUT2D eigenvalue weighted by Crippen LogP contribution is 2.28. The number of benzene rings is 2. The van der Waals surface area contributed by atoms with Gasteiger partial charge in [-0.1, -0.05) is 34.4 Å². The summed E-state index contributed by atoms with van der Waals surface area (Å²) in [6.45, 7) is 0. The number of methoxy groups -OCH3 is 1. The molecule has 3 aromatic rings. The van der Waals surface area contributed by atoms with E-state index in [4.69, 9.17) is 32.5 Å². The summed E-state index contributed by atoms with van der Waals surface area (Å²) >= 11 is 11.9. The third-order valence-corrected chi connectivity index (χ3v) is 3.76. The van der Waals surface area contributed by atoms with Crippen LogP contribution in [0.3, 0.4) is 0 Å². The van der Waals surface area contributed by atoms with Gasteiger partial charge < -0.3 is 14.6 Å². The molecule has 1 heterocycles. The first kappa shape index (κ1) is 17.3. The van der Waals surface area contributed by atoms with E-state index in [1.165, 1.54) is 7.11 Å². The lowest BCUT2D eigenvalue weighted by Gasteiger charge is -2.09. The van der Waals surface area contributed by atoms with Gasteiger partial charge in [-0.15, -0.1) is 0 Å². The standard InChI is InChI=1S/C17H13Cl2N3O3/c1-24-14-6-5-12(19)8-13(14)20-16(23)9-15-21-17(25-22-15)10-3-2-4-11(18)7-10/h2-8H,9H2,1H3,(H,20,23). The molecule has 0 unspecified atom stereocenters. The van der Waals surface area contributed by atoms with E-state index in [2.05, 4.69) is 15.5 Å². The first-order valence-electron chi connectivity index (χ1n) is 7.27. The maximum atomic E-state index is 12.2. The van der Waals surface area contributed by atoms with Crippen LogP contribution in [0.4, 0.5) is 5.69 Å². The van der Waals surface area contributed by atoms with E-state index in [1.54, 1.807) is 42.5 Å². The molecule has 1 aromatic heterocycles. The Balaban J connectivity index is 1.71. The zero-order valence-corrected chi connectivity index (χ0v) is 14.6. The summed E-state index contributed by atoms with van der Waals surface area (Å²) in [7, 11) is 1.51. The van der Waals surface area contributed by atoms with Crippen molar-refractivity contribution in [2.45, 2.75) is 6.42 Å². The third kappa shape index (κ3) is 4.29. The van der Waals surface area contributed by atoms with E-state index in [0.29, 0.717) is 32.9 Å². The number of nitrogens with zero attached hydrogens (tertiary/aromatic N) is 2. The molecule has 0 atom stereocenters. The first-order chi connectivity index (χ1) is 12.0. The SMILES string of the molecule is COc1ccc(Cl)cc1NC(=O)Cc1noc(-c2cccc(Cl)c2)n1. The monoisotopic (exact) mass is 377 g/mol. The lowest BCUT2D eigenvalue weighted by atomic mass is 10.2. The number of ether oxygens (including phenoxy) is 1. The largest absolute Gasteiger partial charge is 0.495 e. The number of nitrogens with one attached hydrogen (secondary N) is 1. The number of hydrogen-bond donors (Lipinski definition) is 1. The average molecular weight is 378 g/mol. The smallest absolute Gasteiger partial charge is 0.257 e. The molecule has 128 valence electrons. The van der Waals surface area contributed by atoms with Crippen molar-refractivity contribution in [1.29, 1.82) is 0 Å². The van der Waals surface area contributed by atoms with Crippen molar-refractivity contribution >= 4 is 34.8 Å². The van der Waals surface area contributed by atoms with Crippen LogP contribution < -0.4 is 10.1 Å². The molecule has 0 fully saturated rings. The molecular formula is C17H13Cl2N3O3. The molecule has 0 radical (unpaired) electrons. The lowest BCUT2D eigenvalue weighted by Crippen LogP contribution is -2.15. The number of carbonyl (C=O) groups is 1. The fourth-order valence-corrected chi connectivity index (χ4v) is 2.54. The van der Waals surface area contributed by atoms with Crippen LogP contribution in [0.15, 0.2) is 47.0 Å². The number of carbonyl (C=O) groups excluding carboxylic acids is 1. The highest BCUT2D eigenvalue weighted by molar-refractivity contribution is 6.31. The van der Waals surface area contributed by atoms with Gasteiger partial charge in [0, 0.05) is 15.6 Å².